The number of carbonyl (C=O) groups is 4. The Kier molecular flexibility index (Phi) is 6.82. The minimum atomic E-state index is -1.32. The van der Waals surface area contributed by atoms with Gasteiger partial charge in [-0.05, 0) is 61.9 Å². The van der Waals surface area contributed by atoms with Gasteiger partial charge in [-0.15, -0.1) is 0 Å². The second kappa shape index (κ2) is 9.99. The van der Waals surface area contributed by atoms with E-state index in [1.54, 1.807) is 94.0 Å². The van der Waals surface area contributed by atoms with Crippen molar-refractivity contribution in [2.75, 3.05) is 23.9 Å². The second-order valence-electron chi connectivity index (χ2n) is 8.82. The molecule has 2 aromatic carbocycles. The summed E-state index contributed by atoms with van der Waals surface area (Å²) in [5, 5.41) is 2.84. The molecule has 0 atom stereocenters. The number of rotatable bonds is 8. The molecule has 1 N–H and O–H groups in total. The zero-order chi connectivity index (χ0) is 25.9. The summed E-state index contributed by atoms with van der Waals surface area (Å²) in [6.45, 7) is 2.95. The van der Waals surface area contributed by atoms with Crippen molar-refractivity contribution in [3.63, 3.8) is 0 Å². The van der Waals surface area contributed by atoms with Gasteiger partial charge >= 0.3 is 0 Å². The minimum Gasteiger partial charge on any atom is -0.497 e. The molecule has 0 bridgehead atoms. The molecule has 0 saturated carbocycles. The zero-order valence-electron chi connectivity index (χ0n) is 20.2. The number of pyridine rings is 1. The van der Waals surface area contributed by atoms with Gasteiger partial charge in [-0.3, -0.25) is 29.1 Å². The molecule has 2 heterocycles. The Morgan fingerprint density at radius 2 is 1.75 bits per heavy atom. The molecule has 3 aromatic rings. The molecule has 9 nitrogen and oxygen atoms in total. The van der Waals surface area contributed by atoms with E-state index in [4.69, 9.17) is 4.74 Å². The second-order valence-corrected chi connectivity index (χ2v) is 8.82. The molecule has 1 aliphatic rings. The Hall–Kier alpha value is -4.53. The van der Waals surface area contributed by atoms with Crippen LogP contribution in [0.1, 0.15) is 29.8 Å². The molecule has 0 spiro atoms. The van der Waals surface area contributed by atoms with Crippen molar-refractivity contribution >= 4 is 34.9 Å². The van der Waals surface area contributed by atoms with Gasteiger partial charge in [-0.2, -0.15) is 0 Å². The molecule has 4 rings (SSSR count). The molecular weight excluding hydrogens is 460 g/mol. The van der Waals surface area contributed by atoms with E-state index >= 15 is 0 Å². The lowest BCUT2D eigenvalue weighted by Crippen LogP contribution is -2.57. The maximum Gasteiger partial charge on any atom is 0.299 e. The van der Waals surface area contributed by atoms with Crippen LogP contribution in [-0.2, 0) is 20.9 Å². The van der Waals surface area contributed by atoms with E-state index in [0.717, 1.165) is 4.90 Å². The first-order valence-electron chi connectivity index (χ1n) is 11.3. The minimum absolute atomic E-state index is 0.0767. The maximum atomic E-state index is 13.7. The summed E-state index contributed by atoms with van der Waals surface area (Å²) in [5.74, 6) is -1.70. The molecule has 1 aliphatic heterocycles. The molecule has 0 fully saturated rings. The number of ether oxygens (including phenoxy) is 1. The van der Waals surface area contributed by atoms with Crippen LogP contribution in [0.25, 0.3) is 0 Å². The molecule has 0 saturated heterocycles. The standard InChI is InChI=1S/C27H26N4O5/c1-27(2,26(35)29-19-10-12-20(36-3)13-11-19)31(16-18-7-6-14-28-15-18)23(32)17-30-22-9-5-4-8-21(22)24(33)25(30)34/h4-15H,16-17H2,1-3H3,(H,29,35). The van der Waals surface area contributed by atoms with Crippen molar-refractivity contribution in [3.05, 3.63) is 84.2 Å². The number of ketones is 1. The summed E-state index contributed by atoms with van der Waals surface area (Å²) in [4.78, 5) is 58.8. The summed E-state index contributed by atoms with van der Waals surface area (Å²) in [5.41, 5.74) is 0.560. The number of methoxy groups -OCH3 is 1. The maximum absolute atomic E-state index is 13.7. The summed E-state index contributed by atoms with van der Waals surface area (Å²) >= 11 is 0. The fourth-order valence-corrected chi connectivity index (χ4v) is 3.98. The van der Waals surface area contributed by atoms with Crippen LogP contribution in [0.15, 0.2) is 73.1 Å². The summed E-state index contributed by atoms with van der Waals surface area (Å²) in [7, 11) is 1.55. The molecule has 36 heavy (non-hydrogen) atoms. The predicted molar refractivity (Wildman–Crippen MR) is 134 cm³/mol. The molecule has 184 valence electrons. The smallest absolute Gasteiger partial charge is 0.299 e. The van der Waals surface area contributed by atoms with Crippen LogP contribution in [0.5, 0.6) is 5.75 Å². The lowest BCUT2D eigenvalue weighted by atomic mass is 9.99. The van der Waals surface area contributed by atoms with Crippen molar-refractivity contribution < 1.29 is 23.9 Å². The van der Waals surface area contributed by atoms with Gasteiger partial charge in [-0.1, -0.05) is 18.2 Å². The molecule has 0 radical (unpaired) electrons. The first-order chi connectivity index (χ1) is 17.2. The Morgan fingerprint density at radius 3 is 2.42 bits per heavy atom. The topological polar surface area (TPSA) is 109 Å². The van der Waals surface area contributed by atoms with Gasteiger partial charge in [0.1, 0.15) is 17.8 Å². The Balaban J connectivity index is 1.61. The number of Topliss-reactive ketones (excluding diaryl/α,β-unsaturated/α-hetero) is 1. The summed E-state index contributed by atoms with van der Waals surface area (Å²) in [6.07, 6.45) is 3.22. The third-order valence-electron chi connectivity index (χ3n) is 6.12. The van der Waals surface area contributed by atoms with E-state index in [9.17, 15) is 19.2 Å². The van der Waals surface area contributed by atoms with Crippen molar-refractivity contribution in [3.8, 4) is 5.75 Å². The zero-order valence-corrected chi connectivity index (χ0v) is 20.2. The monoisotopic (exact) mass is 486 g/mol. The number of amides is 3. The van der Waals surface area contributed by atoms with E-state index in [2.05, 4.69) is 10.3 Å². The SMILES string of the molecule is COc1ccc(NC(=O)C(C)(C)N(Cc2cccnc2)C(=O)CN2C(=O)C(=O)c3ccccc32)cc1. The average molecular weight is 487 g/mol. The highest BCUT2D eigenvalue weighted by Crippen LogP contribution is 2.29. The largest absolute Gasteiger partial charge is 0.497 e. The van der Waals surface area contributed by atoms with Gasteiger partial charge in [0.25, 0.3) is 11.7 Å². The van der Waals surface area contributed by atoms with Gasteiger partial charge in [0.15, 0.2) is 0 Å². The first kappa shape index (κ1) is 24.6. The third-order valence-corrected chi connectivity index (χ3v) is 6.12. The fraction of sp³-hybridized carbons (Fsp3) is 0.222. The van der Waals surface area contributed by atoms with Crippen molar-refractivity contribution in [1.29, 1.82) is 0 Å². The third kappa shape index (κ3) is 4.81. The molecule has 1 aromatic heterocycles. The molecular formula is C27H26N4O5. The van der Waals surface area contributed by atoms with E-state index in [1.165, 1.54) is 4.90 Å². The van der Waals surface area contributed by atoms with Crippen LogP contribution in [0, 0.1) is 0 Å². The van der Waals surface area contributed by atoms with E-state index < -0.39 is 29.0 Å². The predicted octanol–water partition coefficient (Wildman–Crippen LogP) is 3.07. The molecule has 0 aliphatic carbocycles. The molecule has 3 amide bonds. The highest BCUT2D eigenvalue weighted by molar-refractivity contribution is 6.52. The van der Waals surface area contributed by atoms with Gasteiger partial charge < -0.3 is 15.0 Å². The molecule has 9 heteroatoms. The number of nitrogens with zero attached hydrogens (tertiary/aromatic N) is 3. The summed E-state index contributed by atoms with van der Waals surface area (Å²) in [6, 6.07) is 16.9. The molecule has 0 unspecified atom stereocenters. The Bertz CT molecular complexity index is 1310. The highest BCUT2D eigenvalue weighted by atomic mass is 16.5. The van der Waals surface area contributed by atoms with E-state index in [-0.39, 0.29) is 18.7 Å². The number of hydrogen-bond acceptors (Lipinski definition) is 6. The number of para-hydroxylation sites is 1. The van der Waals surface area contributed by atoms with Gasteiger partial charge in [0.05, 0.1) is 18.4 Å². The van der Waals surface area contributed by atoms with Crippen LogP contribution in [0.3, 0.4) is 0 Å². The lowest BCUT2D eigenvalue weighted by molar-refractivity contribution is -0.143. The van der Waals surface area contributed by atoms with Gasteiger partial charge in [0.2, 0.25) is 11.8 Å². The van der Waals surface area contributed by atoms with Crippen molar-refractivity contribution in [1.82, 2.24) is 9.88 Å². The normalized spacial score (nSPS) is 12.8. The lowest BCUT2D eigenvalue weighted by Gasteiger charge is -2.38. The van der Waals surface area contributed by atoms with Crippen LogP contribution in [-0.4, -0.2) is 52.6 Å². The van der Waals surface area contributed by atoms with Crippen LogP contribution < -0.4 is 15.0 Å². The van der Waals surface area contributed by atoms with Crippen molar-refractivity contribution in [2.24, 2.45) is 0 Å². The number of anilines is 2. The van der Waals surface area contributed by atoms with E-state index in [0.29, 0.717) is 22.7 Å². The highest BCUT2D eigenvalue weighted by Gasteiger charge is 2.42. The van der Waals surface area contributed by atoms with Gasteiger partial charge in [0, 0.05) is 24.6 Å². The number of hydrogen-bond donors (Lipinski definition) is 1. The van der Waals surface area contributed by atoms with E-state index in [1.807, 2.05) is 0 Å². The first-order valence-corrected chi connectivity index (χ1v) is 11.3. The number of carbonyl (C=O) groups excluding carboxylic acids is 4. The summed E-state index contributed by atoms with van der Waals surface area (Å²) < 4.78 is 5.15. The number of aromatic nitrogens is 1. The van der Waals surface area contributed by atoms with Crippen molar-refractivity contribution in [2.45, 2.75) is 25.9 Å². The van der Waals surface area contributed by atoms with Crippen LogP contribution in [0.4, 0.5) is 11.4 Å². The fourth-order valence-electron chi connectivity index (χ4n) is 3.98. The average Bonchev–Trinajstić information content (AvgIpc) is 3.13. The Morgan fingerprint density at radius 1 is 1.03 bits per heavy atom. The Labute approximate surface area is 208 Å². The number of benzene rings is 2. The number of nitrogens with one attached hydrogen (secondary N) is 1. The quantitative estimate of drug-likeness (QED) is 0.490. The van der Waals surface area contributed by atoms with Crippen LogP contribution >= 0.6 is 0 Å². The van der Waals surface area contributed by atoms with Gasteiger partial charge in [-0.25, -0.2) is 0 Å². The van der Waals surface area contributed by atoms with Crippen LogP contribution in [0.2, 0.25) is 0 Å². The number of fused-ring (bicyclic) bond motifs is 1.